The normalized spacial score (nSPS) is 21.5. The van der Waals surface area contributed by atoms with Crippen LogP contribution < -0.4 is 4.74 Å². The van der Waals surface area contributed by atoms with Crippen LogP contribution in [0.5, 0.6) is 5.75 Å². The molecule has 2 aliphatic rings. The van der Waals surface area contributed by atoms with E-state index in [4.69, 9.17) is 0 Å². The van der Waals surface area contributed by atoms with Gasteiger partial charge in [0, 0.05) is 16.6 Å². The summed E-state index contributed by atoms with van der Waals surface area (Å²) in [5.74, 6) is -0.0996. The fourth-order valence-electron chi connectivity index (χ4n) is 3.00. The highest BCUT2D eigenvalue weighted by Gasteiger charge is 2.44. The lowest BCUT2D eigenvalue weighted by Crippen LogP contribution is -2.34. The highest BCUT2D eigenvalue weighted by molar-refractivity contribution is 9.10. The number of alkyl halides is 3. The lowest BCUT2D eigenvalue weighted by atomic mass is 9.93. The SMILES string of the molecule is FC(F)(F)Oc1ccc(Br)cc1CN1CCC2(CC1)CC2. The van der Waals surface area contributed by atoms with E-state index < -0.39 is 6.36 Å². The first-order valence-corrected chi connectivity index (χ1v) is 7.91. The van der Waals surface area contributed by atoms with Crippen LogP contribution in [0.1, 0.15) is 31.2 Å². The number of rotatable bonds is 3. The quantitative estimate of drug-likeness (QED) is 0.769. The van der Waals surface area contributed by atoms with E-state index in [1.54, 1.807) is 12.1 Å². The average Bonchev–Trinajstić information content (AvgIpc) is 3.14. The van der Waals surface area contributed by atoms with Gasteiger partial charge in [-0.1, -0.05) is 15.9 Å². The third-order valence-corrected chi connectivity index (χ3v) is 5.01. The highest BCUT2D eigenvalue weighted by atomic mass is 79.9. The second-order valence-corrected chi connectivity index (χ2v) is 6.99. The van der Waals surface area contributed by atoms with Gasteiger partial charge in [0.15, 0.2) is 0 Å². The van der Waals surface area contributed by atoms with E-state index >= 15 is 0 Å². The van der Waals surface area contributed by atoms with Crippen molar-refractivity contribution in [3.05, 3.63) is 28.2 Å². The zero-order valence-corrected chi connectivity index (χ0v) is 13.1. The second kappa shape index (κ2) is 5.47. The van der Waals surface area contributed by atoms with E-state index in [2.05, 4.69) is 25.6 Å². The summed E-state index contributed by atoms with van der Waals surface area (Å²) < 4.78 is 42.3. The Morgan fingerprint density at radius 2 is 1.81 bits per heavy atom. The maximum absolute atomic E-state index is 12.5. The Labute approximate surface area is 130 Å². The van der Waals surface area contributed by atoms with E-state index in [0.717, 1.165) is 30.4 Å². The molecule has 0 unspecified atom stereocenters. The molecule has 1 saturated carbocycles. The Hall–Kier alpha value is -0.750. The number of ether oxygens (including phenoxy) is 1. The summed E-state index contributed by atoms with van der Waals surface area (Å²) in [6.45, 7) is 2.41. The summed E-state index contributed by atoms with van der Waals surface area (Å²) in [7, 11) is 0. The molecule has 1 saturated heterocycles. The number of halogens is 4. The van der Waals surface area contributed by atoms with Gasteiger partial charge in [-0.15, -0.1) is 13.2 Å². The van der Waals surface area contributed by atoms with Crippen LogP contribution in [-0.4, -0.2) is 24.4 Å². The molecule has 0 radical (unpaired) electrons. The smallest absolute Gasteiger partial charge is 0.405 e. The topological polar surface area (TPSA) is 12.5 Å². The van der Waals surface area contributed by atoms with Gasteiger partial charge in [-0.25, -0.2) is 0 Å². The molecule has 0 amide bonds. The molecule has 0 N–H and O–H groups in total. The molecular weight excluding hydrogens is 347 g/mol. The van der Waals surface area contributed by atoms with Gasteiger partial charge in [0.2, 0.25) is 0 Å². The minimum atomic E-state index is -4.65. The number of benzene rings is 1. The zero-order valence-electron chi connectivity index (χ0n) is 11.5. The predicted octanol–water partition coefficient (Wildman–Crippen LogP) is 4.72. The molecule has 116 valence electrons. The fourth-order valence-corrected chi connectivity index (χ4v) is 3.41. The molecule has 2 fully saturated rings. The molecule has 1 aromatic carbocycles. The number of piperidine rings is 1. The van der Waals surface area contributed by atoms with E-state index in [1.807, 2.05) is 0 Å². The Morgan fingerprint density at radius 1 is 1.14 bits per heavy atom. The van der Waals surface area contributed by atoms with E-state index in [-0.39, 0.29) is 5.75 Å². The Kier molecular flexibility index (Phi) is 3.94. The molecule has 6 heteroatoms. The van der Waals surface area contributed by atoms with Crippen LogP contribution >= 0.6 is 15.9 Å². The van der Waals surface area contributed by atoms with Crippen LogP contribution in [0.2, 0.25) is 0 Å². The lowest BCUT2D eigenvalue weighted by molar-refractivity contribution is -0.275. The van der Waals surface area contributed by atoms with Crippen LogP contribution in [0.4, 0.5) is 13.2 Å². The van der Waals surface area contributed by atoms with Crippen molar-refractivity contribution >= 4 is 15.9 Å². The van der Waals surface area contributed by atoms with Crippen LogP contribution in [0, 0.1) is 5.41 Å². The van der Waals surface area contributed by atoms with Crippen molar-refractivity contribution in [2.45, 2.75) is 38.6 Å². The summed E-state index contributed by atoms with van der Waals surface area (Å²) in [6.07, 6.45) is 0.315. The van der Waals surface area contributed by atoms with Crippen molar-refractivity contribution in [1.82, 2.24) is 4.90 Å². The van der Waals surface area contributed by atoms with Crippen molar-refractivity contribution in [3.63, 3.8) is 0 Å². The van der Waals surface area contributed by atoms with Crippen molar-refractivity contribution in [2.75, 3.05) is 13.1 Å². The largest absolute Gasteiger partial charge is 0.573 e. The molecular formula is C15H17BrF3NO. The highest BCUT2D eigenvalue weighted by Crippen LogP contribution is 2.53. The van der Waals surface area contributed by atoms with Crippen LogP contribution in [0.25, 0.3) is 0 Å². The molecule has 1 aromatic rings. The number of hydrogen-bond donors (Lipinski definition) is 0. The van der Waals surface area contributed by atoms with Crippen molar-refractivity contribution in [1.29, 1.82) is 0 Å². The summed E-state index contributed by atoms with van der Waals surface area (Å²) in [5.41, 5.74) is 1.15. The number of nitrogens with zero attached hydrogens (tertiary/aromatic N) is 1. The van der Waals surface area contributed by atoms with Gasteiger partial charge in [-0.2, -0.15) is 0 Å². The first kappa shape index (κ1) is 15.2. The molecule has 1 spiro atoms. The minimum Gasteiger partial charge on any atom is -0.405 e. The molecule has 0 aromatic heterocycles. The third-order valence-electron chi connectivity index (χ3n) is 4.52. The number of hydrogen-bond acceptors (Lipinski definition) is 2. The molecule has 1 aliphatic heterocycles. The van der Waals surface area contributed by atoms with Crippen LogP contribution in [0.15, 0.2) is 22.7 Å². The first-order chi connectivity index (χ1) is 9.85. The summed E-state index contributed by atoms with van der Waals surface area (Å²) >= 11 is 3.31. The van der Waals surface area contributed by atoms with Crippen LogP contribution in [0.3, 0.4) is 0 Å². The predicted molar refractivity (Wildman–Crippen MR) is 77.0 cm³/mol. The Bertz CT molecular complexity index is 518. The second-order valence-electron chi connectivity index (χ2n) is 6.08. The molecule has 3 rings (SSSR count). The molecule has 2 nitrogen and oxygen atoms in total. The van der Waals surface area contributed by atoms with Gasteiger partial charge in [0.05, 0.1) is 0 Å². The zero-order chi connectivity index (χ0) is 15.1. The lowest BCUT2D eigenvalue weighted by Gasteiger charge is -2.32. The molecule has 1 aliphatic carbocycles. The fraction of sp³-hybridized carbons (Fsp3) is 0.600. The number of likely N-dealkylation sites (tertiary alicyclic amines) is 1. The molecule has 1 heterocycles. The van der Waals surface area contributed by atoms with Gasteiger partial charge in [-0.3, -0.25) is 4.90 Å². The Morgan fingerprint density at radius 3 is 2.38 bits per heavy atom. The van der Waals surface area contributed by atoms with Crippen molar-refractivity contribution < 1.29 is 17.9 Å². The van der Waals surface area contributed by atoms with Crippen molar-refractivity contribution in [3.8, 4) is 5.75 Å². The van der Waals surface area contributed by atoms with E-state index in [0.29, 0.717) is 17.5 Å². The van der Waals surface area contributed by atoms with E-state index in [1.165, 1.54) is 18.9 Å². The maximum atomic E-state index is 12.5. The molecule has 0 bridgehead atoms. The van der Waals surface area contributed by atoms with Gasteiger partial charge in [0.25, 0.3) is 0 Å². The van der Waals surface area contributed by atoms with Gasteiger partial charge in [0.1, 0.15) is 5.75 Å². The maximum Gasteiger partial charge on any atom is 0.573 e. The van der Waals surface area contributed by atoms with Gasteiger partial charge in [-0.05, 0) is 62.4 Å². The summed E-state index contributed by atoms with van der Waals surface area (Å²) in [5, 5.41) is 0. The van der Waals surface area contributed by atoms with E-state index in [9.17, 15) is 13.2 Å². The monoisotopic (exact) mass is 363 g/mol. The van der Waals surface area contributed by atoms with Crippen molar-refractivity contribution in [2.24, 2.45) is 5.41 Å². The average molecular weight is 364 g/mol. The minimum absolute atomic E-state index is 0.0996. The van der Waals surface area contributed by atoms with Gasteiger partial charge < -0.3 is 4.74 Å². The standard InChI is InChI=1S/C15H17BrF3NO/c16-12-1-2-13(21-15(17,18)19)11(9-12)10-20-7-5-14(3-4-14)6-8-20/h1-2,9H,3-8,10H2. The Balaban J connectivity index is 1.70. The van der Waals surface area contributed by atoms with Gasteiger partial charge >= 0.3 is 6.36 Å². The molecule has 21 heavy (non-hydrogen) atoms. The summed E-state index contributed by atoms with van der Waals surface area (Å²) in [6, 6.07) is 4.65. The third kappa shape index (κ3) is 3.92. The summed E-state index contributed by atoms with van der Waals surface area (Å²) in [4.78, 5) is 2.22. The first-order valence-electron chi connectivity index (χ1n) is 7.12. The van der Waals surface area contributed by atoms with Crippen LogP contribution in [-0.2, 0) is 6.54 Å². The molecule has 0 atom stereocenters.